The third-order valence-corrected chi connectivity index (χ3v) is 15.8. The zero-order valence-electron chi connectivity index (χ0n) is 52.9. The fraction of sp³-hybridized carbons (Fsp3) is 0.803. The maximum Gasteiger partial charge on any atom is 0.306 e. The number of aliphatic hydroxyl groups excluding tert-OH is 5. The van der Waals surface area contributed by atoms with Crippen LogP contribution in [-0.2, 0) is 23.8 Å². The molecule has 0 aromatic heterocycles. The number of amides is 1. The molecule has 1 aliphatic heterocycles. The second-order valence-electron chi connectivity index (χ2n) is 23.5. The number of rotatable bonds is 58. The van der Waals surface area contributed by atoms with Crippen LogP contribution in [0, 0.1) is 0 Å². The standard InChI is InChI=1S/C71H127NO10/c1-4-7-10-13-16-19-22-25-27-28-29-30-31-32-33-34-35-36-37-38-40-43-46-49-52-55-58-64(75)70(79)72-62(63(74)57-54-51-48-45-42-39-24-21-18-15-12-9-6-3)61-80-71-69(68(78)67(77)65(60-73)81-71)82-66(76)59-56-53-50-47-44-41-26-23-20-17-14-11-8-5-2/h8,11,16-17,19-20,25-27,41,54,57,62-65,67-69,71,73-75,77-78H,4-7,9-10,12-15,18,21-24,28-40,42-53,55-56,58-61H2,1-3H3,(H,72,79)/b11-8+,19-16-,20-17+,27-25-,41-26+,57-54+. The molecule has 0 aliphatic carbocycles. The number of carbonyl (C=O) groups is 2. The first-order valence-electron chi connectivity index (χ1n) is 34.2. The van der Waals surface area contributed by atoms with Crippen molar-refractivity contribution in [3.63, 3.8) is 0 Å². The molecule has 1 rings (SSSR count). The van der Waals surface area contributed by atoms with Gasteiger partial charge in [-0.25, -0.2) is 0 Å². The van der Waals surface area contributed by atoms with Crippen LogP contribution in [-0.4, -0.2) is 99.6 Å². The minimum absolute atomic E-state index is 0.0967. The monoisotopic (exact) mass is 1150 g/mol. The van der Waals surface area contributed by atoms with Gasteiger partial charge in [0.05, 0.1) is 25.4 Å². The minimum Gasteiger partial charge on any atom is -0.454 e. The van der Waals surface area contributed by atoms with Crippen LogP contribution >= 0.6 is 0 Å². The summed E-state index contributed by atoms with van der Waals surface area (Å²) in [6, 6.07) is -1.03. The van der Waals surface area contributed by atoms with E-state index in [-0.39, 0.29) is 19.4 Å². The molecule has 0 radical (unpaired) electrons. The second-order valence-corrected chi connectivity index (χ2v) is 23.5. The molecule has 0 spiro atoms. The second kappa shape index (κ2) is 58.5. The predicted molar refractivity (Wildman–Crippen MR) is 343 cm³/mol. The molecule has 1 fully saturated rings. The molecular formula is C71H127NO10. The average Bonchev–Trinajstić information content (AvgIpc) is 3.45. The van der Waals surface area contributed by atoms with Gasteiger partial charge >= 0.3 is 5.97 Å². The van der Waals surface area contributed by atoms with E-state index in [1.54, 1.807) is 6.08 Å². The van der Waals surface area contributed by atoms with Gasteiger partial charge in [-0.05, 0) is 89.9 Å². The first-order chi connectivity index (χ1) is 40.2. The number of ether oxygens (including phenoxy) is 3. The molecule has 1 aliphatic rings. The Bertz CT molecular complexity index is 1610. The molecule has 11 heteroatoms. The van der Waals surface area contributed by atoms with Gasteiger partial charge < -0.3 is 45.1 Å². The lowest BCUT2D eigenvalue weighted by molar-refractivity contribution is -0.305. The van der Waals surface area contributed by atoms with Crippen molar-refractivity contribution in [2.24, 2.45) is 0 Å². The van der Waals surface area contributed by atoms with Crippen LogP contribution in [0.4, 0.5) is 0 Å². The van der Waals surface area contributed by atoms with E-state index in [1.165, 1.54) is 167 Å². The summed E-state index contributed by atoms with van der Waals surface area (Å²) in [5, 5.41) is 57.1. The van der Waals surface area contributed by atoms with Gasteiger partial charge in [-0.3, -0.25) is 9.59 Å². The Morgan fingerprint density at radius 1 is 0.488 bits per heavy atom. The van der Waals surface area contributed by atoms with Gasteiger partial charge in [0.25, 0.3) is 0 Å². The van der Waals surface area contributed by atoms with Crippen LogP contribution < -0.4 is 5.32 Å². The third-order valence-electron chi connectivity index (χ3n) is 15.8. The van der Waals surface area contributed by atoms with Crippen LogP contribution in [0.15, 0.2) is 72.9 Å². The number of nitrogens with one attached hydrogen (secondary N) is 1. The number of carbonyl (C=O) groups excluding carboxylic acids is 2. The van der Waals surface area contributed by atoms with Crippen LogP contribution in [0.1, 0.15) is 303 Å². The van der Waals surface area contributed by atoms with Crippen molar-refractivity contribution < 1.29 is 49.3 Å². The fourth-order valence-electron chi connectivity index (χ4n) is 10.5. The molecule has 1 amide bonds. The highest BCUT2D eigenvalue weighted by molar-refractivity contribution is 5.80. The maximum absolute atomic E-state index is 13.5. The Balaban J connectivity index is 2.58. The van der Waals surface area contributed by atoms with Crippen molar-refractivity contribution in [1.82, 2.24) is 5.32 Å². The number of hydrogen-bond acceptors (Lipinski definition) is 10. The molecule has 8 atom stereocenters. The normalized spacial score (nSPS) is 19.0. The molecule has 11 nitrogen and oxygen atoms in total. The highest BCUT2D eigenvalue weighted by Crippen LogP contribution is 2.26. The molecule has 1 saturated heterocycles. The summed E-state index contributed by atoms with van der Waals surface area (Å²) >= 11 is 0. The quantitative estimate of drug-likeness (QED) is 0.0195. The lowest BCUT2D eigenvalue weighted by Gasteiger charge is -2.41. The zero-order chi connectivity index (χ0) is 59.6. The summed E-state index contributed by atoms with van der Waals surface area (Å²) in [5.74, 6) is -1.21. The van der Waals surface area contributed by atoms with E-state index >= 15 is 0 Å². The first-order valence-corrected chi connectivity index (χ1v) is 34.2. The molecule has 0 aromatic carbocycles. The van der Waals surface area contributed by atoms with E-state index in [2.05, 4.69) is 86.8 Å². The van der Waals surface area contributed by atoms with E-state index in [0.29, 0.717) is 12.8 Å². The van der Waals surface area contributed by atoms with Crippen molar-refractivity contribution in [3.05, 3.63) is 72.9 Å². The smallest absolute Gasteiger partial charge is 0.306 e. The van der Waals surface area contributed by atoms with E-state index in [9.17, 15) is 35.1 Å². The van der Waals surface area contributed by atoms with Crippen LogP contribution in [0.3, 0.4) is 0 Å². The lowest BCUT2D eigenvalue weighted by atomic mass is 9.99. The molecule has 0 saturated carbocycles. The van der Waals surface area contributed by atoms with E-state index in [1.807, 2.05) is 6.08 Å². The van der Waals surface area contributed by atoms with Crippen molar-refractivity contribution in [2.75, 3.05) is 13.2 Å². The number of allylic oxidation sites excluding steroid dienone is 11. The molecule has 1 heterocycles. The number of aliphatic hydroxyl groups is 5. The SMILES string of the molecule is CC/C=C/C/C=C/C/C=C/CCCCCCC(=O)OC1C(OCC(NC(=O)C(O)CCCCCCCCCCCCCCCCCC/C=C\C/C=C\CCCCC)C(O)/C=C/CCCCCCCCCCCCC)OC(CO)C(O)C1O. The molecule has 0 aromatic rings. The summed E-state index contributed by atoms with van der Waals surface area (Å²) < 4.78 is 17.6. The Hall–Kier alpha value is -2.90. The summed E-state index contributed by atoms with van der Waals surface area (Å²) in [6.07, 6.45) is 65.2. The Morgan fingerprint density at radius 2 is 0.878 bits per heavy atom. The van der Waals surface area contributed by atoms with Crippen LogP contribution in [0.2, 0.25) is 0 Å². The van der Waals surface area contributed by atoms with Crippen LogP contribution in [0.5, 0.6) is 0 Å². The van der Waals surface area contributed by atoms with Gasteiger partial charge in [0.2, 0.25) is 5.91 Å². The van der Waals surface area contributed by atoms with E-state index in [0.717, 1.165) is 89.9 Å². The summed E-state index contributed by atoms with van der Waals surface area (Å²) in [7, 11) is 0. The summed E-state index contributed by atoms with van der Waals surface area (Å²) in [4.78, 5) is 26.6. The van der Waals surface area contributed by atoms with Gasteiger partial charge in [-0.2, -0.15) is 0 Å². The Morgan fingerprint density at radius 3 is 1.34 bits per heavy atom. The molecule has 476 valence electrons. The highest BCUT2D eigenvalue weighted by Gasteiger charge is 2.47. The summed E-state index contributed by atoms with van der Waals surface area (Å²) in [6.45, 7) is 5.66. The molecule has 82 heavy (non-hydrogen) atoms. The third kappa shape index (κ3) is 45.5. The minimum atomic E-state index is -1.62. The topological polar surface area (TPSA) is 175 Å². The van der Waals surface area contributed by atoms with Crippen molar-refractivity contribution in [2.45, 2.75) is 352 Å². The van der Waals surface area contributed by atoms with Crippen molar-refractivity contribution in [3.8, 4) is 0 Å². The van der Waals surface area contributed by atoms with Gasteiger partial charge in [-0.15, -0.1) is 0 Å². The Kier molecular flexibility index (Phi) is 55.0. The highest BCUT2D eigenvalue weighted by atomic mass is 16.7. The predicted octanol–water partition coefficient (Wildman–Crippen LogP) is 17.1. The fourth-order valence-corrected chi connectivity index (χ4v) is 10.5. The Labute approximate surface area is 502 Å². The van der Waals surface area contributed by atoms with Gasteiger partial charge in [0, 0.05) is 6.42 Å². The van der Waals surface area contributed by atoms with Crippen LogP contribution in [0.25, 0.3) is 0 Å². The number of hydrogen-bond donors (Lipinski definition) is 6. The average molecular weight is 1150 g/mol. The largest absolute Gasteiger partial charge is 0.454 e. The maximum atomic E-state index is 13.5. The van der Waals surface area contributed by atoms with Gasteiger partial charge in [0.15, 0.2) is 12.4 Å². The van der Waals surface area contributed by atoms with E-state index in [4.69, 9.17) is 14.2 Å². The first kappa shape index (κ1) is 77.1. The number of unbranched alkanes of at least 4 members (excludes halogenated alkanes) is 34. The number of esters is 1. The van der Waals surface area contributed by atoms with Gasteiger partial charge in [-0.1, -0.05) is 280 Å². The molecule has 6 N–H and O–H groups in total. The molecule has 0 bridgehead atoms. The molecular weight excluding hydrogens is 1030 g/mol. The lowest BCUT2D eigenvalue weighted by Crippen LogP contribution is -2.61. The van der Waals surface area contributed by atoms with Crippen molar-refractivity contribution >= 4 is 11.9 Å². The van der Waals surface area contributed by atoms with Crippen molar-refractivity contribution in [1.29, 1.82) is 0 Å². The van der Waals surface area contributed by atoms with Gasteiger partial charge in [0.1, 0.15) is 24.4 Å². The zero-order valence-corrected chi connectivity index (χ0v) is 52.9. The molecule has 8 unspecified atom stereocenters. The summed E-state index contributed by atoms with van der Waals surface area (Å²) in [5.41, 5.74) is 0. The van der Waals surface area contributed by atoms with E-state index < -0.39 is 67.4 Å².